The van der Waals surface area contributed by atoms with Crippen LogP contribution in [0.25, 0.3) is 0 Å². The molecule has 20 heavy (non-hydrogen) atoms. The van der Waals surface area contributed by atoms with Gasteiger partial charge in [-0.25, -0.2) is 0 Å². The van der Waals surface area contributed by atoms with Crippen LogP contribution in [0.3, 0.4) is 0 Å². The molecular weight excluding hydrogens is 276 g/mol. The first-order valence-corrected chi connectivity index (χ1v) is 7.20. The quantitative estimate of drug-likeness (QED) is 0.890. The molecule has 0 aliphatic carbocycles. The van der Waals surface area contributed by atoms with Gasteiger partial charge in [-0.1, -0.05) is 30.6 Å². The van der Waals surface area contributed by atoms with E-state index >= 15 is 0 Å². The summed E-state index contributed by atoms with van der Waals surface area (Å²) in [4.78, 5) is 0. The second-order valence-electron chi connectivity index (χ2n) is 5.45. The van der Waals surface area contributed by atoms with Gasteiger partial charge in [0.2, 0.25) is 0 Å². The van der Waals surface area contributed by atoms with Crippen molar-refractivity contribution in [2.45, 2.75) is 40.8 Å². The number of nitrogens with zero attached hydrogens (tertiary/aromatic N) is 3. The Kier molecular flexibility index (Phi) is 4.83. The average molecular weight is 297 g/mol. The SMILES string of the molecule is Cc1nn(Cc2cc(CNCC(C)C)no2)c(C)c1Cl. The monoisotopic (exact) mass is 296 g/mol. The minimum Gasteiger partial charge on any atom is -0.359 e. The van der Waals surface area contributed by atoms with E-state index in [1.54, 1.807) is 0 Å². The molecule has 0 aliphatic rings. The van der Waals surface area contributed by atoms with Gasteiger partial charge < -0.3 is 9.84 Å². The highest BCUT2D eigenvalue weighted by atomic mass is 35.5. The van der Waals surface area contributed by atoms with Gasteiger partial charge >= 0.3 is 0 Å². The lowest BCUT2D eigenvalue weighted by atomic mass is 10.2. The summed E-state index contributed by atoms with van der Waals surface area (Å²) in [6.45, 7) is 10.4. The third-order valence-corrected chi connectivity index (χ3v) is 3.61. The topological polar surface area (TPSA) is 55.9 Å². The van der Waals surface area contributed by atoms with Crippen LogP contribution in [0.15, 0.2) is 10.6 Å². The Morgan fingerprint density at radius 3 is 2.75 bits per heavy atom. The fraction of sp³-hybridized carbons (Fsp3) is 0.571. The van der Waals surface area contributed by atoms with E-state index in [-0.39, 0.29) is 0 Å². The van der Waals surface area contributed by atoms with Gasteiger partial charge in [-0.2, -0.15) is 5.10 Å². The van der Waals surface area contributed by atoms with Gasteiger partial charge in [0, 0.05) is 12.6 Å². The van der Waals surface area contributed by atoms with Gasteiger partial charge in [-0.15, -0.1) is 0 Å². The lowest BCUT2D eigenvalue weighted by Gasteiger charge is -2.04. The van der Waals surface area contributed by atoms with E-state index in [9.17, 15) is 0 Å². The number of rotatable bonds is 6. The number of aromatic nitrogens is 3. The van der Waals surface area contributed by atoms with Gasteiger partial charge in [0.25, 0.3) is 0 Å². The van der Waals surface area contributed by atoms with E-state index in [2.05, 4.69) is 29.4 Å². The predicted molar refractivity (Wildman–Crippen MR) is 78.9 cm³/mol. The summed E-state index contributed by atoms with van der Waals surface area (Å²) >= 11 is 6.13. The van der Waals surface area contributed by atoms with Gasteiger partial charge in [-0.3, -0.25) is 4.68 Å². The first-order valence-electron chi connectivity index (χ1n) is 6.82. The van der Waals surface area contributed by atoms with E-state index in [1.807, 2.05) is 24.6 Å². The van der Waals surface area contributed by atoms with Crippen molar-refractivity contribution in [2.75, 3.05) is 6.54 Å². The zero-order chi connectivity index (χ0) is 14.7. The lowest BCUT2D eigenvalue weighted by Crippen LogP contribution is -2.19. The van der Waals surface area contributed by atoms with Crippen molar-refractivity contribution in [2.24, 2.45) is 5.92 Å². The Balaban J connectivity index is 1.97. The molecule has 0 atom stereocenters. The second-order valence-corrected chi connectivity index (χ2v) is 5.83. The third kappa shape index (κ3) is 3.61. The first-order chi connectivity index (χ1) is 9.47. The molecule has 2 rings (SSSR count). The highest BCUT2D eigenvalue weighted by Crippen LogP contribution is 2.20. The maximum Gasteiger partial charge on any atom is 0.158 e. The average Bonchev–Trinajstić information content (AvgIpc) is 2.91. The van der Waals surface area contributed by atoms with Crippen LogP contribution in [0.4, 0.5) is 0 Å². The minimum absolute atomic E-state index is 0.552. The van der Waals surface area contributed by atoms with Crippen LogP contribution in [-0.4, -0.2) is 21.5 Å². The van der Waals surface area contributed by atoms with Gasteiger partial charge in [0.05, 0.1) is 22.1 Å². The molecule has 2 aromatic heterocycles. The van der Waals surface area contributed by atoms with Crippen LogP contribution in [0.5, 0.6) is 0 Å². The molecule has 6 heteroatoms. The molecule has 0 aromatic carbocycles. The highest BCUT2D eigenvalue weighted by Gasteiger charge is 2.12. The van der Waals surface area contributed by atoms with E-state index in [0.29, 0.717) is 17.5 Å². The molecule has 0 bridgehead atoms. The Labute approximate surface area is 124 Å². The summed E-state index contributed by atoms with van der Waals surface area (Å²) in [7, 11) is 0. The number of hydrogen-bond acceptors (Lipinski definition) is 4. The Hall–Kier alpha value is -1.33. The molecule has 0 unspecified atom stereocenters. The molecular formula is C14H21ClN4O. The fourth-order valence-electron chi connectivity index (χ4n) is 1.98. The Morgan fingerprint density at radius 2 is 2.15 bits per heavy atom. The third-order valence-electron chi connectivity index (χ3n) is 3.07. The maximum atomic E-state index is 6.13. The van der Waals surface area contributed by atoms with Gasteiger partial charge in [-0.05, 0) is 26.3 Å². The second kappa shape index (κ2) is 6.41. The van der Waals surface area contributed by atoms with Crippen molar-refractivity contribution in [1.82, 2.24) is 20.3 Å². The molecule has 2 aromatic rings. The van der Waals surface area contributed by atoms with Crippen molar-refractivity contribution in [3.8, 4) is 0 Å². The summed E-state index contributed by atoms with van der Waals surface area (Å²) in [6, 6.07) is 1.96. The van der Waals surface area contributed by atoms with E-state index in [0.717, 1.165) is 35.9 Å². The summed E-state index contributed by atoms with van der Waals surface area (Å²) in [6.07, 6.45) is 0. The zero-order valence-corrected chi connectivity index (χ0v) is 13.2. The van der Waals surface area contributed by atoms with E-state index < -0.39 is 0 Å². The first kappa shape index (κ1) is 15.1. The zero-order valence-electron chi connectivity index (χ0n) is 12.4. The Bertz CT molecular complexity index is 574. The van der Waals surface area contributed by atoms with Crippen molar-refractivity contribution in [3.63, 3.8) is 0 Å². The van der Waals surface area contributed by atoms with Crippen LogP contribution in [0, 0.1) is 19.8 Å². The summed E-state index contributed by atoms with van der Waals surface area (Å²) < 4.78 is 7.17. The van der Waals surface area contributed by atoms with Crippen LogP contribution >= 0.6 is 11.6 Å². The molecule has 110 valence electrons. The minimum atomic E-state index is 0.552. The van der Waals surface area contributed by atoms with Crippen molar-refractivity contribution < 1.29 is 4.52 Å². The standard InChI is InChI=1S/C14H21ClN4O/c1-9(2)6-16-7-12-5-13(20-18-12)8-19-11(4)14(15)10(3)17-19/h5,9,16H,6-8H2,1-4H3. The van der Waals surface area contributed by atoms with Gasteiger partial charge in [0.15, 0.2) is 5.76 Å². The molecule has 1 N–H and O–H groups in total. The largest absolute Gasteiger partial charge is 0.359 e. The van der Waals surface area contributed by atoms with Crippen molar-refractivity contribution in [1.29, 1.82) is 0 Å². The van der Waals surface area contributed by atoms with Crippen LogP contribution in [0.2, 0.25) is 5.02 Å². The molecule has 0 spiro atoms. The number of aryl methyl sites for hydroxylation is 1. The van der Waals surface area contributed by atoms with Gasteiger partial charge in [0.1, 0.15) is 6.54 Å². The smallest absolute Gasteiger partial charge is 0.158 e. The van der Waals surface area contributed by atoms with Crippen molar-refractivity contribution >= 4 is 11.6 Å². The van der Waals surface area contributed by atoms with E-state index in [1.165, 1.54) is 0 Å². The van der Waals surface area contributed by atoms with Crippen LogP contribution in [0.1, 0.15) is 36.7 Å². The lowest BCUT2D eigenvalue weighted by molar-refractivity contribution is 0.362. The van der Waals surface area contributed by atoms with Crippen LogP contribution in [-0.2, 0) is 13.1 Å². The highest BCUT2D eigenvalue weighted by molar-refractivity contribution is 6.31. The molecule has 2 heterocycles. The van der Waals surface area contributed by atoms with E-state index in [4.69, 9.17) is 16.1 Å². The van der Waals surface area contributed by atoms with Crippen LogP contribution < -0.4 is 5.32 Å². The molecule has 0 saturated carbocycles. The normalized spacial score (nSPS) is 11.5. The summed E-state index contributed by atoms with van der Waals surface area (Å²) in [5.41, 5.74) is 2.69. The summed E-state index contributed by atoms with van der Waals surface area (Å²) in [5, 5.41) is 12.5. The number of halogens is 1. The molecule has 0 amide bonds. The molecule has 0 fully saturated rings. The fourth-order valence-corrected chi connectivity index (χ4v) is 2.11. The predicted octanol–water partition coefficient (Wildman–Crippen LogP) is 2.94. The maximum absolute atomic E-state index is 6.13. The summed E-state index contributed by atoms with van der Waals surface area (Å²) in [5.74, 6) is 1.41. The molecule has 0 radical (unpaired) electrons. The molecule has 0 aliphatic heterocycles. The molecule has 5 nitrogen and oxygen atoms in total. The number of hydrogen-bond donors (Lipinski definition) is 1. The van der Waals surface area contributed by atoms with Crippen molar-refractivity contribution in [3.05, 3.63) is 33.9 Å². The molecule has 0 saturated heterocycles. The Morgan fingerprint density at radius 1 is 1.40 bits per heavy atom. The number of nitrogens with one attached hydrogen (secondary N) is 1.